The monoisotopic (exact) mass is 447 g/mol. The smallest absolute Gasteiger partial charge is 0.276 e. The molecule has 0 radical (unpaired) electrons. The second-order valence-electron chi connectivity index (χ2n) is 7.79. The van der Waals surface area contributed by atoms with Crippen molar-refractivity contribution in [1.82, 2.24) is 36.1 Å². The zero-order valence-electron chi connectivity index (χ0n) is 16.6. The van der Waals surface area contributed by atoms with E-state index >= 15 is 0 Å². The first-order valence-corrected chi connectivity index (χ1v) is 10.7. The van der Waals surface area contributed by atoms with Crippen molar-refractivity contribution in [1.29, 1.82) is 0 Å². The van der Waals surface area contributed by atoms with E-state index < -0.39 is 0 Å². The average molecular weight is 448 g/mol. The molecule has 3 aliphatic heterocycles. The Morgan fingerprint density at radius 1 is 1.27 bits per heavy atom. The lowest BCUT2D eigenvalue weighted by atomic mass is 9.99. The maximum Gasteiger partial charge on any atom is 0.276 e. The molecule has 0 atom stereocenters. The molecule has 2 aromatic rings. The molecule has 3 aliphatic rings. The highest BCUT2D eigenvalue weighted by atomic mass is 35.5. The predicted molar refractivity (Wildman–Crippen MR) is 115 cm³/mol. The number of allylic oxidation sites excluding steroid dienone is 1. The Bertz CT molecular complexity index is 1010. The normalized spacial score (nSPS) is 19.1. The van der Waals surface area contributed by atoms with Crippen LogP contribution in [0, 0.1) is 5.92 Å². The Labute approximate surface area is 184 Å². The van der Waals surface area contributed by atoms with E-state index in [0.29, 0.717) is 28.4 Å². The molecule has 1 saturated heterocycles. The third kappa shape index (κ3) is 3.82. The first kappa shape index (κ1) is 19.5. The van der Waals surface area contributed by atoms with E-state index in [0.717, 1.165) is 61.2 Å². The molecular formula is C20H23Cl2N7O. The Kier molecular flexibility index (Phi) is 5.22. The fraction of sp³-hybridized carbons (Fsp3) is 0.400. The molecule has 0 aliphatic carbocycles. The van der Waals surface area contributed by atoms with Crippen LogP contribution in [0.4, 0.5) is 0 Å². The predicted octanol–water partition coefficient (Wildman–Crippen LogP) is 2.20. The summed E-state index contributed by atoms with van der Waals surface area (Å²) in [6, 6.07) is 5.55. The van der Waals surface area contributed by atoms with Gasteiger partial charge in [0.2, 0.25) is 0 Å². The number of halogens is 2. The summed E-state index contributed by atoms with van der Waals surface area (Å²) >= 11 is 12.6. The van der Waals surface area contributed by atoms with Crippen LogP contribution >= 0.6 is 23.2 Å². The standard InChI is InChI=1S/C20H23Cl2N7O/c1-28-17(20-25-18(27-30-20)6-12-9-23-10-12)8-16-19(26-28)24-4-5-29(16)11-13-7-14(21)2-3-15(13)22/h2-3,7-8,12,23-24,26H,4-6,9-11H2,1H3. The van der Waals surface area contributed by atoms with Crippen LogP contribution < -0.4 is 16.1 Å². The summed E-state index contributed by atoms with van der Waals surface area (Å²) < 4.78 is 5.58. The molecule has 10 heteroatoms. The van der Waals surface area contributed by atoms with Gasteiger partial charge in [-0.25, -0.2) is 0 Å². The lowest BCUT2D eigenvalue weighted by molar-refractivity contribution is 0.269. The largest absolute Gasteiger partial charge is 0.367 e. The summed E-state index contributed by atoms with van der Waals surface area (Å²) in [7, 11) is 1.93. The van der Waals surface area contributed by atoms with E-state index in [9.17, 15) is 0 Å². The summed E-state index contributed by atoms with van der Waals surface area (Å²) in [6.07, 6.45) is 2.90. The molecular weight excluding hydrogens is 425 g/mol. The molecule has 0 bridgehead atoms. The summed E-state index contributed by atoms with van der Waals surface area (Å²) in [6.45, 7) is 4.33. The van der Waals surface area contributed by atoms with Gasteiger partial charge in [0.25, 0.3) is 5.89 Å². The van der Waals surface area contributed by atoms with Crippen molar-refractivity contribution in [3.8, 4) is 0 Å². The van der Waals surface area contributed by atoms with Crippen LogP contribution in [0.1, 0.15) is 17.3 Å². The number of aromatic nitrogens is 2. The molecule has 1 fully saturated rings. The maximum atomic E-state index is 6.41. The van der Waals surface area contributed by atoms with Crippen LogP contribution in [0.2, 0.25) is 10.0 Å². The fourth-order valence-electron chi connectivity index (χ4n) is 3.83. The third-order valence-electron chi connectivity index (χ3n) is 5.59. The molecule has 30 heavy (non-hydrogen) atoms. The van der Waals surface area contributed by atoms with E-state index in [1.807, 2.05) is 24.2 Å². The van der Waals surface area contributed by atoms with Crippen LogP contribution in [0.25, 0.3) is 5.70 Å². The molecule has 0 saturated carbocycles. The zero-order valence-corrected chi connectivity index (χ0v) is 18.1. The Morgan fingerprint density at radius 2 is 2.13 bits per heavy atom. The lowest BCUT2D eigenvalue weighted by Gasteiger charge is -2.39. The number of hydrogen-bond donors (Lipinski definition) is 3. The van der Waals surface area contributed by atoms with Crippen LogP contribution in [-0.4, -0.2) is 53.3 Å². The Balaban J connectivity index is 1.41. The highest BCUT2D eigenvalue weighted by Gasteiger charge is 2.29. The fourth-order valence-corrected chi connectivity index (χ4v) is 4.20. The first-order chi connectivity index (χ1) is 14.6. The van der Waals surface area contributed by atoms with E-state index in [4.69, 9.17) is 27.7 Å². The van der Waals surface area contributed by atoms with E-state index in [-0.39, 0.29) is 0 Å². The molecule has 5 rings (SSSR count). The molecule has 158 valence electrons. The highest BCUT2D eigenvalue weighted by Crippen LogP contribution is 2.29. The van der Waals surface area contributed by atoms with Crippen molar-refractivity contribution in [2.45, 2.75) is 13.0 Å². The van der Waals surface area contributed by atoms with Gasteiger partial charge in [0, 0.05) is 43.1 Å². The van der Waals surface area contributed by atoms with Crippen molar-refractivity contribution in [3.63, 3.8) is 0 Å². The average Bonchev–Trinajstić information content (AvgIpc) is 3.16. The number of rotatable bonds is 5. The molecule has 1 aromatic heterocycles. The molecule has 0 unspecified atom stereocenters. The van der Waals surface area contributed by atoms with E-state index in [1.165, 1.54) is 0 Å². The molecule has 0 amide bonds. The second-order valence-corrected chi connectivity index (χ2v) is 8.63. The molecule has 3 N–H and O–H groups in total. The minimum absolute atomic E-state index is 0.505. The van der Waals surface area contributed by atoms with Gasteiger partial charge in [0.1, 0.15) is 11.5 Å². The Morgan fingerprint density at radius 3 is 2.93 bits per heavy atom. The summed E-state index contributed by atoms with van der Waals surface area (Å²) in [5.74, 6) is 2.77. The quantitative estimate of drug-likeness (QED) is 0.643. The topological polar surface area (TPSA) is 81.5 Å². The SMILES string of the molecule is CN1NC2=C(C=C1c1nc(CC3CNC3)no1)N(Cc1cc(Cl)ccc1Cl)CCN2. The minimum atomic E-state index is 0.505. The maximum absolute atomic E-state index is 6.41. The highest BCUT2D eigenvalue weighted by molar-refractivity contribution is 6.33. The number of benzene rings is 1. The van der Waals surface area contributed by atoms with Gasteiger partial charge in [0.05, 0.1) is 5.70 Å². The first-order valence-electron chi connectivity index (χ1n) is 9.99. The number of nitrogens with one attached hydrogen (secondary N) is 3. The molecule has 0 spiro atoms. The Hall–Kier alpha value is -2.42. The van der Waals surface area contributed by atoms with Gasteiger partial charge in [-0.05, 0) is 48.8 Å². The van der Waals surface area contributed by atoms with Gasteiger partial charge >= 0.3 is 0 Å². The molecule has 8 nitrogen and oxygen atoms in total. The van der Waals surface area contributed by atoms with E-state index in [2.05, 4.69) is 37.2 Å². The van der Waals surface area contributed by atoms with Crippen LogP contribution in [0.15, 0.2) is 40.3 Å². The van der Waals surface area contributed by atoms with Crippen molar-refractivity contribution < 1.29 is 4.52 Å². The minimum Gasteiger partial charge on any atom is -0.367 e. The number of hydrazine groups is 1. The van der Waals surface area contributed by atoms with Crippen molar-refractivity contribution in [2.75, 3.05) is 33.2 Å². The lowest BCUT2D eigenvalue weighted by Crippen LogP contribution is -2.49. The second kappa shape index (κ2) is 8.02. The molecule has 4 heterocycles. The van der Waals surface area contributed by atoms with Gasteiger partial charge in [-0.15, -0.1) is 0 Å². The van der Waals surface area contributed by atoms with Crippen LogP contribution in [0.5, 0.6) is 0 Å². The van der Waals surface area contributed by atoms with Gasteiger partial charge in [-0.1, -0.05) is 28.4 Å². The van der Waals surface area contributed by atoms with Crippen LogP contribution in [0.3, 0.4) is 0 Å². The van der Waals surface area contributed by atoms with Crippen molar-refractivity contribution >= 4 is 28.9 Å². The van der Waals surface area contributed by atoms with Crippen molar-refractivity contribution in [2.24, 2.45) is 5.92 Å². The zero-order chi connectivity index (χ0) is 20.7. The number of hydrogen-bond acceptors (Lipinski definition) is 8. The van der Waals surface area contributed by atoms with E-state index in [1.54, 1.807) is 6.07 Å². The van der Waals surface area contributed by atoms with Gasteiger partial charge in [-0.2, -0.15) is 4.98 Å². The van der Waals surface area contributed by atoms with Crippen molar-refractivity contribution in [3.05, 3.63) is 63.1 Å². The summed E-state index contributed by atoms with van der Waals surface area (Å²) in [5.41, 5.74) is 6.21. The van der Waals surface area contributed by atoms with Gasteiger partial charge in [0.15, 0.2) is 5.82 Å². The summed E-state index contributed by atoms with van der Waals surface area (Å²) in [4.78, 5) is 6.89. The van der Waals surface area contributed by atoms with Gasteiger partial charge < -0.3 is 20.1 Å². The van der Waals surface area contributed by atoms with Crippen LogP contribution in [-0.2, 0) is 13.0 Å². The van der Waals surface area contributed by atoms with Gasteiger partial charge in [-0.3, -0.25) is 10.4 Å². The number of nitrogens with zero attached hydrogens (tertiary/aromatic N) is 4. The third-order valence-corrected chi connectivity index (χ3v) is 6.19. The molecule has 1 aromatic carbocycles. The summed E-state index contributed by atoms with van der Waals surface area (Å²) in [5, 5.41) is 14.1.